The number of hydrogen-bond acceptors (Lipinski definition) is 5. The standard InChI is InChI=1S/C15H26N2O4S/c1-6-11-7-8-17(14(18)21-15(2,3)4)12(9-11)13(10-16)22(5,19)20/h11-13H,6-9H2,1-5H3. The Morgan fingerprint density at radius 3 is 2.45 bits per heavy atom. The molecule has 1 rings (SSSR count). The van der Waals surface area contributed by atoms with Crippen LogP contribution in [0.2, 0.25) is 0 Å². The van der Waals surface area contributed by atoms with E-state index in [0.29, 0.717) is 18.9 Å². The predicted octanol–water partition coefficient (Wildman–Crippen LogP) is 2.35. The first kappa shape index (κ1) is 18.8. The van der Waals surface area contributed by atoms with E-state index < -0.39 is 32.8 Å². The third-order valence-corrected chi connectivity index (χ3v) is 5.24. The maximum absolute atomic E-state index is 12.4. The van der Waals surface area contributed by atoms with E-state index in [-0.39, 0.29) is 0 Å². The summed E-state index contributed by atoms with van der Waals surface area (Å²) < 4.78 is 29.2. The number of likely N-dealkylation sites (tertiary alicyclic amines) is 1. The van der Waals surface area contributed by atoms with Gasteiger partial charge in [0.05, 0.1) is 12.1 Å². The van der Waals surface area contributed by atoms with Crippen molar-refractivity contribution in [2.45, 2.75) is 63.9 Å². The summed E-state index contributed by atoms with van der Waals surface area (Å²) >= 11 is 0. The smallest absolute Gasteiger partial charge is 0.410 e. The summed E-state index contributed by atoms with van der Waals surface area (Å²) in [5, 5.41) is 8.08. The Kier molecular flexibility index (Phi) is 5.85. The van der Waals surface area contributed by atoms with Crippen molar-refractivity contribution in [3.05, 3.63) is 0 Å². The summed E-state index contributed by atoms with van der Waals surface area (Å²) in [5.74, 6) is 0.321. The van der Waals surface area contributed by atoms with Crippen molar-refractivity contribution in [3.63, 3.8) is 0 Å². The zero-order valence-electron chi connectivity index (χ0n) is 14.0. The molecule has 1 saturated heterocycles. The highest BCUT2D eigenvalue weighted by Crippen LogP contribution is 2.30. The minimum atomic E-state index is -3.57. The molecule has 126 valence electrons. The number of amides is 1. The molecule has 22 heavy (non-hydrogen) atoms. The first-order chi connectivity index (χ1) is 9.99. The van der Waals surface area contributed by atoms with Gasteiger partial charge < -0.3 is 9.64 Å². The lowest BCUT2D eigenvalue weighted by molar-refractivity contribution is 0.00551. The molecule has 1 heterocycles. The number of rotatable bonds is 3. The molecule has 0 radical (unpaired) electrons. The molecule has 0 aromatic rings. The van der Waals surface area contributed by atoms with Crippen LogP contribution in [-0.2, 0) is 14.6 Å². The van der Waals surface area contributed by atoms with Gasteiger partial charge in [-0.3, -0.25) is 0 Å². The van der Waals surface area contributed by atoms with Crippen LogP contribution >= 0.6 is 0 Å². The van der Waals surface area contributed by atoms with E-state index in [4.69, 9.17) is 4.74 Å². The molecule has 1 fully saturated rings. The summed E-state index contributed by atoms with van der Waals surface area (Å²) in [6.45, 7) is 7.74. The Bertz CT molecular complexity index is 545. The summed E-state index contributed by atoms with van der Waals surface area (Å²) in [6.07, 6.45) is 2.72. The fourth-order valence-electron chi connectivity index (χ4n) is 2.75. The molecular formula is C15H26N2O4S. The zero-order chi connectivity index (χ0) is 17.1. The molecule has 0 N–H and O–H groups in total. The lowest BCUT2D eigenvalue weighted by atomic mass is 9.88. The van der Waals surface area contributed by atoms with Crippen LogP contribution < -0.4 is 0 Å². The summed E-state index contributed by atoms with van der Waals surface area (Å²) in [7, 11) is -3.57. The van der Waals surface area contributed by atoms with Crippen LogP contribution in [0.1, 0.15) is 47.0 Å². The van der Waals surface area contributed by atoms with Crippen molar-refractivity contribution in [3.8, 4) is 6.07 Å². The van der Waals surface area contributed by atoms with E-state index in [9.17, 15) is 18.5 Å². The van der Waals surface area contributed by atoms with Gasteiger partial charge in [-0.2, -0.15) is 5.26 Å². The van der Waals surface area contributed by atoms with Crippen LogP contribution in [0.3, 0.4) is 0 Å². The van der Waals surface area contributed by atoms with Crippen molar-refractivity contribution >= 4 is 15.9 Å². The fraction of sp³-hybridized carbons (Fsp3) is 0.867. The van der Waals surface area contributed by atoms with Crippen molar-refractivity contribution < 1.29 is 17.9 Å². The summed E-state index contributed by atoms with van der Waals surface area (Å²) in [5.41, 5.74) is -0.656. The first-order valence-corrected chi connectivity index (χ1v) is 9.53. The predicted molar refractivity (Wildman–Crippen MR) is 84.0 cm³/mol. The van der Waals surface area contributed by atoms with E-state index in [1.165, 1.54) is 4.90 Å². The van der Waals surface area contributed by atoms with E-state index in [2.05, 4.69) is 0 Å². The molecule has 0 bridgehead atoms. The van der Waals surface area contributed by atoms with Crippen molar-refractivity contribution in [1.29, 1.82) is 5.26 Å². The third-order valence-electron chi connectivity index (χ3n) is 3.90. The SMILES string of the molecule is CCC1CCN(C(=O)OC(C)(C)C)C(C(C#N)S(C)(=O)=O)C1. The molecule has 0 saturated carbocycles. The monoisotopic (exact) mass is 330 g/mol. The fourth-order valence-corrected chi connectivity index (χ4v) is 3.77. The molecule has 7 heteroatoms. The molecule has 3 unspecified atom stereocenters. The summed E-state index contributed by atoms with van der Waals surface area (Å²) in [6, 6.07) is 1.22. The number of carbonyl (C=O) groups excluding carboxylic acids is 1. The maximum Gasteiger partial charge on any atom is 0.410 e. The molecule has 1 amide bonds. The molecule has 0 aliphatic carbocycles. The molecule has 1 aliphatic heterocycles. The number of carbonyl (C=O) groups is 1. The van der Waals surface area contributed by atoms with Gasteiger partial charge >= 0.3 is 6.09 Å². The van der Waals surface area contributed by atoms with E-state index in [0.717, 1.165) is 19.1 Å². The van der Waals surface area contributed by atoms with Gasteiger partial charge in [-0.25, -0.2) is 13.2 Å². The Balaban J connectivity index is 3.08. The lowest BCUT2D eigenvalue weighted by Gasteiger charge is -2.41. The van der Waals surface area contributed by atoms with Crippen LogP contribution in [0, 0.1) is 17.2 Å². The largest absolute Gasteiger partial charge is 0.444 e. The lowest BCUT2D eigenvalue weighted by Crippen LogP contribution is -2.54. The second-order valence-corrected chi connectivity index (χ2v) is 9.09. The number of ether oxygens (including phenoxy) is 1. The van der Waals surface area contributed by atoms with Gasteiger partial charge in [0, 0.05) is 12.8 Å². The van der Waals surface area contributed by atoms with Crippen LogP contribution in [0.4, 0.5) is 4.79 Å². The van der Waals surface area contributed by atoms with E-state index in [1.807, 2.05) is 13.0 Å². The number of sulfone groups is 1. The Labute approximate surface area is 133 Å². The highest BCUT2D eigenvalue weighted by molar-refractivity contribution is 7.91. The zero-order valence-corrected chi connectivity index (χ0v) is 14.8. The van der Waals surface area contributed by atoms with Crippen LogP contribution in [-0.4, -0.2) is 49.1 Å². The molecule has 0 aromatic heterocycles. The average molecular weight is 330 g/mol. The highest BCUT2D eigenvalue weighted by Gasteiger charge is 2.42. The third kappa shape index (κ3) is 4.87. The highest BCUT2D eigenvalue weighted by atomic mass is 32.2. The second-order valence-electron chi connectivity index (χ2n) is 6.92. The van der Waals surface area contributed by atoms with Gasteiger partial charge in [-0.1, -0.05) is 13.3 Å². The van der Waals surface area contributed by atoms with Gasteiger partial charge in [0.2, 0.25) is 0 Å². The number of hydrogen-bond donors (Lipinski definition) is 0. The van der Waals surface area contributed by atoms with Gasteiger partial charge in [-0.15, -0.1) is 0 Å². The topological polar surface area (TPSA) is 87.5 Å². The second kappa shape index (κ2) is 6.86. The molecule has 6 nitrogen and oxygen atoms in total. The Morgan fingerprint density at radius 2 is 2.05 bits per heavy atom. The molecular weight excluding hydrogens is 304 g/mol. The minimum Gasteiger partial charge on any atom is -0.444 e. The Hall–Kier alpha value is -1.29. The minimum absolute atomic E-state index is 0.321. The van der Waals surface area contributed by atoms with Crippen molar-refractivity contribution in [2.75, 3.05) is 12.8 Å². The van der Waals surface area contributed by atoms with Crippen LogP contribution in [0.15, 0.2) is 0 Å². The molecule has 1 aliphatic rings. The van der Waals surface area contributed by atoms with Crippen molar-refractivity contribution in [1.82, 2.24) is 4.90 Å². The average Bonchev–Trinajstić information content (AvgIpc) is 2.35. The van der Waals surface area contributed by atoms with E-state index >= 15 is 0 Å². The number of piperidine rings is 1. The van der Waals surface area contributed by atoms with Gasteiger partial charge in [0.15, 0.2) is 15.1 Å². The van der Waals surface area contributed by atoms with Crippen molar-refractivity contribution in [2.24, 2.45) is 5.92 Å². The molecule has 0 aromatic carbocycles. The quantitative estimate of drug-likeness (QED) is 0.792. The number of nitriles is 1. The molecule has 0 spiro atoms. The Morgan fingerprint density at radius 1 is 1.45 bits per heavy atom. The maximum atomic E-state index is 12.4. The van der Waals surface area contributed by atoms with Gasteiger partial charge in [-0.05, 0) is 39.5 Å². The first-order valence-electron chi connectivity index (χ1n) is 7.57. The molecule has 3 atom stereocenters. The summed E-state index contributed by atoms with van der Waals surface area (Å²) in [4.78, 5) is 13.8. The van der Waals surface area contributed by atoms with Crippen LogP contribution in [0.25, 0.3) is 0 Å². The van der Waals surface area contributed by atoms with Gasteiger partial charge in [0.25, 0.3) is 0 Å². The number of nitrogens with zero attached hydrogens (tertiary/aromatic N) is 2. The van der Waals surface area contributed by atoms with E-state index in [1.54, 1.807) is 20.8 Å². The van der Waals surface area contributed by atoms with Crippen LogP contribution in [0.5, 0.6) is 0 Å². The normalized spacial score (nSPS) is 24.5. The van der Waals surface area contributed by atoms with Gasteiger partial charge in [0.1, 0.15) is 5.60 Å².